The fraction of sp³-hybridized carbons (Fsp3) is 0.850. The minimum absolute atomic E-state index is 0.648. The van der Waals surface area contributed by atoms with Crippen molar-refractivity contribution in [1.82, 2.24) is 10.2 Å². The third kappa shape index (κ3) is 8.91. The minimum Gasteiger partial charge on any atom is -0.444 e. The van der Waals surface area contributed by atoms with Crippen molar-refractivity contribution in [2.45, 2.75) is 92.4 Å². The van der Waals surface area contributed by atoms with Crippen molar-refractivity contribution >= 4 is 18.1 Å². The number of alkyl carbamates (subject to hydrolysis) is 1. The summed E-state index contributed by atoms with van der Waals surface area (Å²) in [6.07, 6.45) is -1.64. The number of carbonyl (C=O) groups is 3. The van der Waals surface area contributed by atoms with Gasteiger partial charge in [0, 0.05) is 20.8 Å². The van der Waals surface area contributed by atoms with Crippen molar-refractivity contribution in [1.29, 1.82) is 0 Å². The van der Waals surface area contributed by atoms with Crippen LogP contribution in [0.2, 0.25) is 0 Å². The standard InChI is InChI=1S/C10H17NO3.C10H21NO3/c1-6-7(2)11(8(6)12)9(13)14-10(3,4)5;1-7(6-12)8(2)11-9(13)14-10(3,4)5/h6-7H,1-5H3;7-8,12H,6H2,1-5H3,(H,11,13)/t6-,7-;7-,8+/m10/s1/i1D3;1D3,6D2. The van der Waals surface area contributed by atoms with Gasteiger partial charge in [0.15, 0.2) is 0 Å². The van der Waals surface area contributed by atoms with Crippen molar-refractivity contribution in [3.8, 4) is 0 Å². The lowest BCUT2D eigenvalue weighted by Crippen LogP contribution is -2.61. The third-order valence-electron chi connectivity index (χ3n) is 3.37. The van der Waals surface area contributed by atoms with E-state index in [0.717, 1.165) is 4.90 Å². The highest BCUT2D eigenvalue weighted by Crippen LogP contribution is 2.27. The lowest BCUT2D eigenvalue weighted by Gasteiger charge is -2.42. The van der Waals surface area contributed by atoms with Crippen LogP contribution in [0.3, 0.4) is 0 Å². The minimum atomic E-state index is -2.94. The first kappa shape index (κ1) is 15.1. The molecule has 1 fully saturated rings. The number of nitrogens with zero attached hydrogens (tertiary/aromatic N) is 1. The van der Waals surface area contributed by atoms with E-state index in [-0.39, 0.29) is 0 Å². The molecule has 1 heterocycles. The lowest BCUT2D eigenvalue weighted by molar-refractivity contribution is -0.151. The topological polar surface area (TPSA) is 105 Å². The number of β-lactam (4-membered cyclic amide) rings is 1. The summed E-state index contributed by atoms with van der Waals surface area (Å²) in [4.78, 5) is 35.6. The quantitative estimate of drug-likeness (QED) is 0.692. The number of aliphatic hydroxyl groups is 1. The highest BCUT2D eigenvalue weighted by molar-refractivity contribution is 5.99. The number of hydrogen-bond acceptors (Lipinski definition) is 6. The molecule has 1 aliphatic heterocycles. The number of rotatable bonds is 3. The molecule has 1 rings (SSSR count). The summed E-state index contributed by atoms with van der Waals surface area (Å²) < 4.78 is 67.6. The van der Waals surface area contributed by atoms with Gasteiger partial charge in [-0.25, -0.2) is 14.5 Å². The summed E-state index contributed by atoms with van der Waals surface area (Å²) in [6.45, 7) is 4.74. The summed E-state index contributed by atoms with van der Waals surface area (Å²) in [5, 5.41) is 11.5. The molecule has 0 bridgehead atoms. The SMILES string of the molecule is [2H]C([2H])([2H])[C@H]([C@@H](C)NC(=O)OC(C)(C)C)C([2H])([2H])O.[2H]C([2H])([2H])[C@H]1C(=O)N(C(=O)OC(C)(C)C)[C@@H]1C. The van der Waals surface area contributed by atoms with Gasteiger partial charge in [-0.3, -0.25) is 4.79 Å². The average Bonchev–Trinajstić information content (AvgIpc) is 2.46. The van der Waals surface area contributed by atoms with Crippen LogP contribution in [0, 0.1) is 11.8 Å². The van der Waals surface area contributed by atoms with Crippen molar-refractivity contribution in [3.05, 3.63) is 0 Å². The van der Waals surface area contributed by atoms with Gasteiger partial charge >= 0.3 is 12.2 Å². The molecule has 8 nitrogen and oxygen atoms in total. The zero-order valence-electron chi connectivity index (χ0n) is 25.7. The van der Waals surface area contributed by atoms with Crippen molar-refractivity contribution in [2.24, 2.45) is 11.8 Å². The molecule has 8 heteroatoms. The van der Waals surface area contributed by atoms with Crippen LogP contribution in [0.15, 0.2) is 0 Å². The zero-order chi connectivity index (χ0) is 29.2. The maximum atomic E-state index is 11.6. The molecule has 3 amide bonds. The van der Waals surface area contributed by atoms with Crippen LogP contribution in [0.5, 0.6) is 0 Å². The molecule has 0 aromatic heterocycles. The molecule has 2 N–H and O–H groups in total. The van der Waals surface area contributed by atoms with E-state index in [9.17, 15) is 19.5 Å². The van der Waals surface area contributed by atoms with Crippen molar-refractivity contribution in [2.75, 3.05) is 6.56 Å². The second kappa shape index (κ2) is 10.1. The number of likely N-dealkylation sites (tertiary alicyclic amines) is 1. The summed E-state index contributed by atoms with van der Waals surface area (Å²) in [5.74, 6) is -3.55. The van der Waals surface area contributed by atoms with Gasteiger partial charge in [-0.1, -0.05) is 13.7 Å². The molecule has 1 saturated heterocycles. The summed E-state index contributed by atoms with van der Waals surface area (Å²) in [7, 11) is 0. The molecule has 164 valence electrons. The van der Waals surface area contributed by atoms with Crippen molar-refractivity contribution in [3.63, 3.8) is 0 Å². The first-order chi connectivity index (χ1) is 15.6. The van der Waals surface area contributed by atoms with Crippen LogP contribution in [0.25, 0.3) is 0 Å². The Balaban J connectivity index is 0.000000684. The molecular weight excluding hydrogens is 364 g/mol. The number of carbonyl (C=O) groups excluding carboxylic acids is 3. The van der Waals surface area contributed by atoms with Crippen LogP contribution >= 0.6 is 0 Å². The van der Waals surface area contributed by atoms with Crippen LogP contribution in [-0.4, -0.2) is 57.9 Å². The van der Waals surface area contributed by atoms with E-state index in [2.05, 4.69) is 5.32 Å². The van der Waals surface area contributed by atoms with Gasteiger partial charge in [-0.15, -0.1) is 0 Å². The number of hydrogen-bond donors (Lipinski definition) is 2. The highest BCUT2D eigenvalue weighted by Gasteiger charge is 2.46. The molecule has 0 radical (unpaired) electrons. The van der Waals surface area contributed by atoms with Gasteiger partial charge in [0.2, 0.25) is 5.91 Å². The third-order valence-corrected chi connectivity index (χ3v) is 3.37. The summed E-state index contributed by atoms with van der Waals surface area (Å²) in [6, 6.07) is -1.77. The Morgan fingerprint density at radius 3 is 2.14 bits per heavy atom. The zero-order valence-corrected chi connectivity index (χ0v) is 17.7. The molecule has 4 atom stereocenters. The van der Waals surface area contributed by atoms with E-state index < -0.39 is 73.5 Å². The molecule has 0 unspecified atom stereocenters. The van der Waals surface area contributed by atoms with Gasteiger partial charge in [0.05, 0.1) is 14.7 Å². The van der Waals surface area contributed by atoms with Crippen LogP contribution in [0.1, 0.15) is 80.1 Å². The summed E-state index contributed by atoms with van der Waals surface area (Å²) >= 11 is 0. The summed E-state index contributed by atoms with van der Waals surface area (Å²) in [5.41, 5.74) is -1.46. The van der Waals surface area contributed by atoms with Crippen LogP contribution in [0.4, 0.5) is 9.59 Å². The van der Waals surface area contributed by atoms with Gasteiger partial charge in [0.25, 0.3) is 0 Å². The number of imide groups is 1. The maximum absolute atomic E-state index is 11.6. The Morgan fingerprint density at radius 2 is 1.79 bits per heavy atom. The molecule has 0 aromatic carbocycles. The Labute approximate surface area is 180 Å². The highest BCUT2D eigenvalue weighted by atomic mass is 16.6. The van der Waals surface area contributed by atoms with E-state index in [0.29, 0.717) is 0 Å². The Hall–Kier alpha value is -1.83. The van der Waals surface area contributed by atoms with E-state index in [1.165, 1.54) is 13.8 Å². The number of amides is 3. The fourth-order valence-electron chi connectivity index (χ4n) is 1.88. The molecular formula is C20H38N2O6. The monoisotopic (exact) mass is 410 g/mol. The average molecular weight is 411 g/mol. The smallest absolute Gasteiger partial charge is 0.417 e. The van der Waals surface area contributed by atoms with E-state index in [4.69, 9.17) is 20.4 Å². The van der Waals surface area contributed by atoms with E-state index in [1.807, 2.05) is 0 Å². The van der Waals surface area contributed by atoms with E-state index in [1.54, 1.807) is 41.5 Å². The predicted octanol–water partition coefficient (Wildman–Crippen LogP) is 3.32. The van der Waals surface area contributed by atoms with Gasteiger partial charge in [-0.2, -0.15) is 0 Å². The molecule has 0 saturated carbocycles. The van der Waals surface area contributed by atoms with Crippen LogP contribution in [-0.2, 0) is 14.3 Å². The molecule has 0 aromatic rings. The number of nitrogens with one attached hydrogen (secondary N) is 1. The maximum Gasteiger partial charge on any atom is 0.417 e. The van der Waals surface area contributed by atoms with Gasteiger partial charge < -0.3 is 19.9 Å². The van der Waals surface area contributed by atoms with Gasteiger partial charge in [-0.05, 0) is 61.3 Å². The molecule has 1 aliphatic rings. The van der Waals surface area contributed by atoms with Crippen LogP contribution < -0.4 is 5.32 Å². The fourth-order valence-corrected chi connectivity index (χ4v) is 1.88. The van der Waals surface area contributed by atoms with Crippen molar-refractivity contribution < 1.29 is 39.9 Å². The van der Waals surface area contributed by atoms with Gasteiger partial charge in [0.1, 0.15) is 11.2 Å². The largest absolute Gasteiger partial charge is 0.444 e. The first-order valence-corrected chi connectivity index (χ1v) is 8.87. The van der Waals surface area contributed by atoms with E-state index >= 15 is 0 Å². The Kier molecular flexibility index (Phi) is 5.43. The molecule has 0 spiro atoms. The number of ether oxygens (including phenoxy) is 2. The first-order valence-electron chi connectivity index (χ1n) is 12.9. The molecule has 28 heavy (non-hydrogen) atoms. The molecule has 0 aliphatic carbocycles. The normalized spacial score (nSPS) is 27.2. The lowest BCUT2D eigenvalue weighted by atomic mass is 9.91. The predicted molar refractivity (Wildman–Crippen MR) is 107 cm³/mol. The second-order valence-electron chi connectivity index (χ2n) is 8.45. The second-order valence-corrected chi connectivity index (χ2v) is 8.45. The Bertz CT molecular complexity index is 774. The Morgan fingerprint density at radius 1 is 1.25 bits per heavy atom.